The number of benzene rings is 1. The van der Waals surface area contributed by atoms with Crippen LogP contribution in [0, 0.1) is 0 Å². The van der Waals surface area contributed by atoms with Gasteiger partial charge in [0.25, 0.3) is 0 Å². The molecule has 1 rings (SSSR count). The van der Waals surface area contributed by atoms with E-state index in [1.165, 1.54) is 24.9 Å². The maximum atomic E-state index is 5.76. The number of hydrogen-bond donors (Lipinski definition) is 1. The molecule has 0 heterocycles. The summed E-state index contributed by atoms with van der Waals surface area (Å²) in [7, 11) is 0. The van der Waals surface area contributed by atoms with Crippen molar-refractivity contribution >= 4 is 5.69 Å². The standard InChI is InChI=1S/C14H24N2/c1-3-5-10-16(4-2)11-9-13-7-6-8-14(15)12-13/h6-8,12H,3-5,9-11,15H2,1-2H3. The Kier molecular flexibility index (Phi) is 5.94. The van der Waals surface area contributed by atoms with Gasteiger partial charge >= 0.3 is 0 Å². The highest BCUT2D eigenvalue weighted by atomic mass is 15.1. The predicted molar refractivity (Wildman–Crippen MR) is 71.6 cm³/mol. The summed E-state index contributed by atoms with van der Waals surface area (Å²) in [6, 6.07) is 8.21. The van der Waals surface area contributed by atoms with Crippen molar-refractivity contribution in [3.8, 4) is 0 Å². The van der Waals surface area contributed by atoms with Crippen molar-refractivity contribution in [3.05, 3.63) is 29.8 Å². The number of unbranched alkanes of at least 4 members (excludes halogenated alkanes) is 1. The minimum absolute atomic E-state index is 0.870. The molecule has 0 aliphatic heterocycles. The Morgan fingerprint density at radius 2 is 2.00 bits per heavy atom. The van der Waals surface area contributed by atoms with E-state index in [1.807, 2.05) is 12.1 Å². The van der Waals surface area contributed by atoms with Gasteiger partial charge in [-0.2, -0.15) is 0 Å². The highest BCUT2D eigenvalue weighted by Gasteiger charge is 2.02. The van der Waals surface area contributed by atoms with Crippen LogP contribution in [0.2, 0.25) is 0 Å². The average Bonchev–Trinajstić information content (AvgIpc) is 2.29. The lowest BCUT2D eigenvalue weighted by Crippen LogP contribution is -2.26. The number of anilines is 1. The van der Waals surface area contributed by atoms with Gasteiger partial charge in [0.15, 0.2) is 0 Å². The average molecular weight is 220 g/mol. The van der Waals surface area contributed by atoms with E-state index >= 15 is 0 Å². The molecule has 1 aromatic carbocycles. The van der Waals surface area contributed by atoms with Crippen LogP contribution in [0.4, 0.5) is 5.69 Å². The third-order valence-corrected chi connectivity index (χ3v) is 2.94. The second-order valence-electron chi connectivity index (χ2n) is 4.28. The molecule has 2 nitrogen and oxygen atoms in total. The van der Waals surface area contributed by atoms with Gasteiger partial charge in [0.1, 0.15) is 0 Å². The van der Waals surface area contributed by atoms with Gasteiger partial charge in [0.2, 0.25) is 0 Å². The van der Waals surface area contributed by atoms with Crippen LogP contribution in [0.5, 0.6) is 0 Å². The molecular weight excluding hydrogens is 196 g/mol. The SMILES string of the molecule is CCCCN(CC)CCc1cccc(N)c1. The Morgan fingerprint density at radius 3 is 2.62 bits per heavy atom. The van der Waals surface area contributed by atoms with Gasteiger partial charge in [-0.1, -0.05) is 32.4 Å². The fraction of sp³-hybridized carbons (Fsp3) is 0.571. The van der Waals surface area contributed by atoms with Crippen LogP contribution in [0.1, 0.15) is 32.3 Å². The van der Waals surface area contributed by atoms with Crippen LogP contribution in [0.15, 0.2) is 24.3 Å². The highest BCUT2D eigenvalue weighted by molar-refractivity contribution is 5.40. The minimum atomic E-state index is 0.870. The molecule has 0 amide bonds. The third kappa shape index (κ3) is 4.67. The molecule has 0 radical (unpaired) electrons. The normalized spacial score (nSPS) is 10.9. The van der Waals surface area contributed by atoms with E-state index in [4.69, 9.17) is 5.73 Å². The number of nitrogens with zero attached hydrogens (tertiary/aromatic N) is 1. The molecule has 0 aliphatic carbocycles. The first kappa shape index (κ1) is 13.0. The Hall–Kier alpha value is -1.02. The van der Waals surface area contributed by atoms with Crippen LogP contribution in [0.25, 0.3) is 0 Å². The molecule has 0 saturated heterocycles. The minimum Gasteiger partial charge on any atom is -0.399 e. The summed E-state index contributed by atoms with van der Waals surface area (Å²) in [6.45, 7) is 7.97. The molecule has 2 N–H and O–H groups in total. The van der Waals surface area contributed by atoms with Crippen molar-refractivity contribution in [3.63, 3.8) is 0 Å². The zero-order valence-corrected chi connectivity index (χ0v) is 10.6. The Balaban J connectivity index is 2.37. The summed E-state index contributed by atoms with van der Waals surface area (Å²) in [5, 5.41) is 0. The van der Waals surface area contributed by atoms with Crippen LogP contribution in [-0.4, -0.2) is 24.5 Å². The topological polar surface area (TPSA) is 29.3 Å². The van der Waals surface area contributed by atoms with Crippen molar-refractivity contribution in [1.82, 2.24) is 4.90 Å². The van der Waals surface area contributed by atoms with Crippen molar-refractivity contribution in [1.29, 1.82) is 0 Å². The lowest BCUT2D eigenvalue weighted by Gasteiger charge is -2.19. The van der Waals surface area contributed by atoms with Gasteiger partial charge in [-0.05, 0) is 43.6 Å². The van der Waals surface area contributed by atoms with Crippen LogP contribution in [0.3, 0.4) is 0 Å². The predicted octanol–water partition coefficient (Wildman–Crippen LogP) is 2.93. The molecule has 16 heavy (non-hydrogen) atoms. The third-order valence-electron chi connectivity index (χ3n) is 2.94. The summed E-state index contributed by atoms with van der Waals surface area (Å²) in [5.74, 6) is 0. The largest absolute Gasteiger partial charge is 0.399 e. The molecule has 2 heteroatoms. The lowest BCUT2D eigenvalue weighted by atomic mass is 10.1. The summed E-state index contributed by atoms with van der Waals surface area (Å²) in [4.78, 5) is 2.51. The Bertz CT molecular complexity index is 297. The van der Waals surface area contributed by atoms with Gasteiger partial charge in [-0.15, -0.1) is 0 Å². The first-order chi connectivity index (χ1) is 7.76. The van der Waals surface area contributed by atoms with Crippen molar-refractivity contribution < 1.29 is 0 Å². The molecule has 0 bridgehead atoms. The Labute approximate surface area is 99.5 Å². The highest BCUT2D eigenvalue weighted by Crippen LogP contribution is 2.08. The number of likely N-dealkylation sites (N-methyl/N-ethyl adjacent to an activating group) is 1. The summed E-state index contributed by atoms with van der Waals surface area (Å²) in [5.41, 5.74) is 7.98. The second kappa shape index (κ2) is 7.29. The second-order valence-corrected chi connectivity index (χ2v) is 4.28. The number of nitrogens with two attached hydrogens (primary N) is 1. The van der Waals surface area contributed by atoms with E-state index < -0.39 is 0 Å². The molecule has 0 aromatic heterocycles. The van der Waals surface area contributed by atoms with E-state index in [0.717, 1.165) is 25.2 Å². The molecule has 0 spiro atoms. The first-order valence-electron chi connectivity index (χ1n) is 6.33. The van der Waals surface area contributed by atoms with E-state index in [0.29, 0.717) is 0 Å². The van der Waals surface area contributed by atoms with E-state index in [9.17, 15) is 0 Å². The lowest BCUT2D eigenvalue weighted by molar-refractivity contribution is 0.287. The van der Waals surface area contributed by atoms with Gasteiger partial charge in [0.05, 0.1) is 0 Å². The molecule has 0 fully saturated rings. The van der Waals surface area contributed by atoms with E-state index in [1.54, 1.807) is 0 Å². The smallest absolute Gasteiger partial charge is 0.0316 e. The summed E-state index contributed by atoms with van der Waals surface area (Å²) in [6.07, 6.45) is 3.67. The van der Waals surface area contributed by atoms with Crippen molar-refractivity contribution in [2.45, 2.75) is 33.1 Å². The fourth-order valence-electron chi connectivity index (χ4n) is 1.85. The maximum Gasteiger partial charge on any atom is 0.0316 e. The molecule has 0 atom stereocenters. The molecule has 1 aromatic rings. The molecule has 0 saturated carbocycles. The van der Waals surface area contributed by atoms with Crippen molar-refractivity contribution in [2.75, 3.05) is 25.4 Å². The quantitative estimate of drug-likeness (QED) is 0.716. The van der Waals surface area contributed by atoms with Gasteiger partial charge in [-0.3, -0.25) is 0 Å². The maximum absolute atomic E-state index is 5.76. The fourth-order valence-corrected chi connectivity index (χ4v) is 1.85. The van der Waals surface area contributed by atoms with E-state index in [-0.39, 0.29) is 0 Å². The number of rotatable bonds is 7. The zero-order chi connectivity index (χ0) is 11.8. The summed E-state index contributed by atoms with van der Waals surface area (Å²) >= 11 is 0. The van der Waals surface area contributed by atoms with E-state index in [2.05, 4.69) is 30.9 Å². The van der Waals surface area contributed by atoms with Gasteiger partial charge in [-0.25, -0.2) is 0 Å². The summed E-state index contributed by atoms with van der Waals surface area (Å²) < 4.78 is 0. The van der Waals surface area contributed by atoms with Gasteiger partial charge in [0, 0.05) is 12.2 Å². The first-order valence-corrected chi connectivity index (χ1v) is 6.33. The van der Waals surface area contributed by atoms with Crippen LogP contribution >= 0.6 is 0 Å². The molecular formula is C14H24N2. The molecule has 0 unspecified atom stereocenters. The molecule has 90 valence electrons. The van der Waals surface area contributed by atoms with Crippen LogP contribution < -0.4 is 5.73 Å². The monoisotopic (exact) mass is 220 g/mol. The zero-order valence-electron chi connectivity index (χ0n) is 10.6. The molecule has 0 aliphatic rings. The van der Waals surface area contributed by atoms with Gasteiger partial charge < -0.3 is 10.6 Å². The van der Waals surface area contributed by atoms with Crippen molar-refractivity contribution in [2.24, 2.45) is 0 Å². The van der Waals surface area contributed by atoms with Crippen LogP contribution in [-0.2, 0) is 6.42 Å². The Morgan fingerprint density at radius 1 is 1.19 bits per heavy atom. The number of nitrogen functional groups attached to an aromatic ring is 1. The number of hydrogen-bond acceptors (Lipinski definition) is 2.